The molecule has 0 fully saturated rings. The highest BCUT2D eigenvalue weighted by atomic mass is 35.5. The lowest BCUT2D eigenvalue weighted by Crippen LogP contribution is -2.26. The third-order valence-electron chi connectivity index (χ3n) is 3.72. The molecule has 0 heterocycles. The number of hydrogen-bond acceptors (Lipinski definition) is 3. The zero-order valence-electron chi connectivity index (χ0n) is 14.1. The molecule has 1 amide bonds. The molecule has 2 rings (SSSR count). The molecule has 2 aromatic rings. The monoisotopic (exact) mass is 347 g/mol. The van der Waals surface area contributed by atoms with Crippen molar-refractivity contribution in [3.63, 3.8) is 0 Å². The standard InChI is InChI=1S/C19H22ClNO3/c1-4-24-12-16-11-15(7-10-18(16)23-3)19(22)21-13(2)14-5-8-17(20)9-6-14/h5-11,13H,4,12H2,1-3H3,(H,21,22). The number of carbonyl (C=O) groups is 1. The Hall–Kier alpha value is -2.04. The van der Waals surface area contributed by atoms with Gasteiger partial charge in [-0.2, -0.15) is 0 Å². The maximum absolute atomic E-state index is 12.5. The summed E-state index contributed by atoms with van der Waals surface area (Å²) in [6.45, 7) is 4.88. The van der Waals surface area contributed by atoms with Crippen LogP contribution in [0.3, 0.4) is 0 Å². The van der Waals surface area contributed by atoms with E-state index >= 15 is 0 Å². The Morgan fingerprint density at radius 2 is 1.92 bits per heavy atom. The highest BCUT2D eigenvalue weighted by Gasteiger charge is 2.14. The first-order valence-corrected chi connectivity index (χ1v) is 8.24. The van der Waals surface area contributed by atoms with E-state index in [-0.39, 0.29) is 11.9 Å². The second-order valence-corrected chi connectivity index (χ2v) is 5.85. The van der Waals surface area contributed by atoms with Gasteiger partial charge in [0.2, 0.25) is 0 Å². The van der Waals surface area contributed by atoms with Crippen molar-refractivity contribution in [2.24, 2.45) is 0 Å². The summed E-state index contributed by atoms with van der Waals surface area (Å²) < 4.78 is 10.7. The Bertz CT molecular complexity index is 686. The first kappa shape index (κ1) is 18.3. The molecule has 0 saturated carbocycles. The maximum Gasteiger partial charge on any atom is 0.251 e. The molecule has 24 heavy (non-hydrogen) atoms. The van der Waals surface area contributed by atoms with Crippen LogP contribution in [0.5, 0.6) is 5.75 Å². The van der Waals surface area contributed by atoms with Gasteiger partial charge < -0.3 is 14.8 Å². The number of nitrogens with one attached hydrogen (secondary N) is 1. The molecule has 0 saturated heterocycles. The molecule has 0 bridgehead atoms. The number of amides is 1. The minimum atomic E-state index is -0.141. The van der Waals surface area contributed by atoms with Crippen molar-refractivity contribution in [3.8, 4) is 5.75 Å². The zero-order valence-corrected chi connectivity index (χ0v) is 14.9. The van der Waals surface area contributed by atoms with Crippen molar-refractivity contribution in [2.45, 2.75) is 26.5 Å². The summed E-state index contributed by atoms with van der Waals surface area (Å²) in [5.74, 6) is 0.573. The normalized spacial score (nSPS) is 11.8. The largest absolute Gasteiger partial charge is 0.496 e. The van der Waals surface area contributed by atoms with Crippen LogP contribution in [0.25, 0.3) is 0 Å². The van der Waals surface area contributed by atoms with Gasteiger partial charge in [0.1, 0.15) is 5.75 Å². The third-order valence-corrected chi connectivity index (χ3v) is 3.97. The molecule has 1 atom stereocenters. The Morgan fingerprint density at radius 3 is 2.54 bits per heavy atom. The molecule has 0 aliphatic rings. The summed E-state index contributed by atoms with van der Waals surface area (Å²) in [4.78, 5) is 12.5. The minimum Gasteiger partial charge on any atom is -0.496 e. The van der Waals surface area contributed by atoms with Gasteiger partial charge in [0.25, 0.3) is 5.91 Å². The molecule has 0 spiro atoms. The van der Waals surface area contributed by atoms with Crippen molar-refractivity contribution >= 4 is 17.5 Å². The Balaban J connectivity index is 2.12. The molecular weight excluding hydrogens is 326 g/mol. The van der Waals surface area contributed by atoms with Crippen LogP contribution in [0.4, 0.5) is 0 Å². The summed E-state index contributed by atoms with van der Waals surface area (Å²) in [6, 6.07) is 12.7. The van der Waals surface area contributed by atoms with Gasteiger partial charge >= 0.3 is 0 Å². The Labute approximate surface area is 147 Å². The van der Waals surface area contributed by atoms with E-state index in [9.17, 15) is 4.79 Å². The molecule has 128 valence electrons. The number of ether oxygens (including phenoxy) is 2. The van der Waals surface area contributed by atoms with Crippen LogP contribution < -0.4 is 10.1 Å². The summed E-state index contributed by atoms with van der Waals surface area (Å²) in [6.07, 6.45) is 0. The Morgan fingerprint density at radius 1 is 1.21 bits per heavy atom. The Kier molecular flexibility index (Phi) is 6.64. The lowest BCUT2D eigenvalue weighted by atomic mass is 10.1. The van der Waals surface area contributed by atoms with Gasteiger partial charge in [-0.3, -0.25) is 4.79 Å². The van der Waals surface area contributed by atoms with Crippen LogP contribution in [0, 0.1) is 0 Å². The predicted octanol–water partition coefficient (Wildman–Crippen LogP) is 4.38. The van der Waals surface area contributed by atoms with Crippen molar-refractivity contribution < 1.29 is 14.3 Å². The van der Waals surface area contributed by atoms with Gasteiger partial charge in [-0.25, -0.2) is 0 Å². The number of halogens is 1. The zero-order chi connectivity index (χ0) is 17.5. The lowest BCUT2D eigenvalue weighted by molar-refractivity contribution is 0.0939. The molecule has 0 aliphatic heterocycles. The summed E-state index contributed by atoms with van der Waals surface area (Å²) >= 11 is 5.89. The molecule has 0 aliphatic carbocycles. The molecule has 5 heteroatoms. The minimum absolute atomic E-state index is 0.118. The summed E-state index contributed by atoms with van der Waals surface area (Å²) in [5.41, 5.74) is 2.42. The van der Waals surface area contributed by atoms with Gasteiger partial charge in [0, 0.05) is 22.8 Å². The van der Waals surface area contributed by atoms with Crippen LogP contribution in [0.2, 0.25) is 5.02 Å². The van der Waals surface area contributed by atoms with E-state index < -0.39 is 0 Å². The number of benzene rings is 2. The van der Waals surface area contributed by atoms with Crippen molar-refractivity contribution in [3.05, 3.63) is 64.2 Å². The third kappa shape index (κ3) is 4.73. The van der Waals surface area contributed by atoms with Crippen LogP contribution >= 0.6 is 11.6 Å². The van der Waals surface area contributed by atoms with E-state index in [1.165, 1.54) is 0 Å². The average Bonchev–Trinajstić information content (AvgIpc) is 2.60. The first-order valence-electron chi connectivity index (χ1n) is 7.86. The smallest absolute Gasteiger partial charge is 0.251 e. The quantitative estimate of drug-likeness (QED) is 0.808. The van der Waals surface area contributed by atoms with Gasteiger partial charge in [-0.1, -0.05) is 23.7 Å². The molecule has 1 N–H and O–H groups in total. The summed E-state index contributed by atoms with van der Waals surface area (Å²) in [7, 11) is 1.60. The molecule has 0 aromatic heterocycles. The topological polar surface area (TPSA) is 47.6 Å². The number of carbonyl (C=O) groups excluding carboxylic acids is 1. The molecular formula is C19H22ClNO3. The number of rotatable bonds is 7. The van der Waals surface area contributed by atoms with E-state index in [0.717, 1.165) is 11.1 Å². The number of methoxy groups -OCH3 is 1. The van der Waals surface area contributed by atoms with Gasteiger partial charge in [-0.05, 0) is 49.7 Å². The first-order chi connectivity index (χ1) is 11.5. The van der Waals surface area contributed by atoms with Crippen molar-refractivity contribution in [1.29, 1.82) is 0 Å². The highest BCUT2D eigenvalue weighted by molar-refractivity contribution is 6.30. The predicted molar refractivity (Wildman–Crippen MR) is 95.7 cm³/mol. The lowest BCUT2D eigenvalue weighted by Gasteiger charge is -2.16. The maximum atomic E-state index is 12.5. The van der Waals surface area contributed by atoms with Crippen LogP contribution in [-0.4, -0.2) is 19.6 Å². The summed E-state index contributed by atoms with van der Waals surface area (Å²) in [5, 5.41) is 3.66. The van der Waals surface area contributed by atoms with Crippen molar-refractivity contribution in [2.75, 3.05) is 13.7 Å². The molecule has 1 unspecified atom stereocenters. The van der Waals surface area contributed by atoms with E-state index in [1.54, 1.807) is 25.3 Å². The van der Waals surface area contributed by atoms with Crippen LogP contribution in [0.1, 0.15) is 41.4 Å². The SMILES string of the molecule is CCOCc1cc(C(=O)NC(C)c2ccc(Cl)cc2)ccc1OC. The molecule has 0 radical (unpaired) electrons. The van der Waals surface area contributed by atoms with Crippen molar-refractivity contribution in [1.82, 2.24) is 5.32 Å². The van der Waals surface area contributed by atoms with E-state index in [1.807, 2.05) is 38.1 Å². The van der Waals surface area contributed by atoms with Gasteiger partial charge in [0.05, 0.1) is 19.8 Å². The van der Waals surface area contributed by atoms with E-state index in [0.29, 0.717) is 29.5 Å². The second-order valence-electron chi connectivity index (χ2n) is 5.41. The molecule has 4 nitrogen and oxygen atoms in total. The van der Waals surface area contributed by atoms with E-state index in [4.69, 9.17) is 21.1 Å². The fourth-order valence-corrected chi connectivity index (χ4v) is 2.49. The highest BCUT2D eigenvalue weighted by Crippen LogP contribution is 2.22. The average molecular weight is 348 g/mol. The fraction of sp³-hybridized carbons (Fsp3) is 0.316. The second kappa shape index (κ2) is 8.71. The van der Waals surface area contributed by atoms with Gasteiger partial charge in [0.15, 0.2) is 0 Å². The number of hydrogen-bond donors (Lipinski definition) is 1. The van der Waals surface area contributed by atoms with Crippen LogP contribution in [-0.2, 0) is 11.3 Å². The van der Waals surface area contributed by atoms with E-state index in [2.05, 4.69) is 5.32 Å². The fourth-order valence-electron chi connectivity index (χ4n) is 2.36. The molecule has 2 aromatic carbocycles. The van der Waals surface area contributed by atoms with Crippen LogP contribution in [0.15, 0.2) is 42.5 Å². The van der Waals surface area contributed by atoms with Gasteiger partial charge in [-0.15, -0.1) is 0 Å².